The predicted molar refractivity (Wildman–Crippen MR) is 74.9 cm³/mol. The van der Waals surface area contributed by atoms with Gasteiger partial charge < -0.3 is 5.11 Å². The van der Waals surface area contributed by atoms with E-state index in [-0.39, 0.29) is 6.61 Å². The minimum atomic E-state index is -0.0541. The maximum absolute atomic E-state index is 9.16. The zero-order valence-corrected chi connectivity index (χ0v) is 11.7. The molecule has 3 nitrogen and oxygen atoms in total. The number of nitrogens with zero attached hydrogens (tertiary/aromatic N) is 2. The molecule has 4 heteroatoms. The van der Waals surface area contributed by atoms with Crippen LogP contribution in [0.25, 0.3) is 0 Å². The largest absolute Gasteiger partial charge is 0.392 e. The highest BCUT2D eigenvalue weighted by atomic mass is 32.2. The van der Waals surface area contributed by atoms with Gasteiger partial charge in [0.05, 0.1) is 12.2 Å². The summed E-state index contributed by atoms with van der Waals surface area (Å²) in [4.78, 5) is 5.31. The summed E-state index contributed by atoms with van der Waals surface area (Å²) in [7, 11) is 0. The molecule has 0 fully saturated rings. The summed E-state index contributed by atoms with van der Waals surface area (Å²) in [6.45, 7) is 3.93. The van der Waals surface area contributed by atoms with Crippen LogP contribution >= 0.6 is 11.8 Å². The van der Waals surface area contributed by atoms with Crippen molar-refractivity contribution in [2.75, 3.05) is 0 Å². The lowest BCUT2D eigenvalue weighted by atomic mass is 10.1. The van der Waals surface area contributed by atoms with Crippen molar-refractivity contribution in [3.8, 4) is 6.07 Å². The molecule has 0 amide bonds. The maximum atomic E-state index is 9.16. The number of hydrogen-bond donors (Lipinski definition) is 1. The Morgan fingerprint density at radius 3 is 2.68 bits per heavy atom. The topological polar surface area (TPSA) is 56.9 Å². The average molecular weight is 270 g/mol. The van der Waals surface area contributed by atoms with Crippen LogP contribution in [0.5, 0.6) is 0 Å². The Kier molecular flexibility index (Phi) is 4.20. The molecule has 0 bridgehead atoms. The molecule has 0 saturated heterocycles. The highest BCUT2D eigenvalue weighted by Crippen LogP contribution is 2.30. The van der Waals surface area contributed by atoms with Gasteiger partial charge in [-0.25, -0.2) is 4.98 Å². The summed E-state index contributed by atoms with van der Waals surface area (Å²) in [5, 5.41) is 19.1. The van der Waals surface area contributed by atoms with Gasteiger partial charge in [0.2, 0.25) is 0 Å². The minimum absolute atomic E-state index is 0.0541. The van der Waals surface area contributed by atoms with Crippen molar-refractivity contribution in [1.29, 1.82) is 5.26 Å². The van der Waals surface area contributed by atoms with E-state index in [0.29, 0.717) is 5.56 Å². The van der Waals surface area contributed by atoms with Crippen molar-refractivity contribution >= 4 is 11.8 Å². The fourth-order valence-electron chi connectivity index (χ4n) is 1.82. The van der Waals surface area contributed by atoms with Crippen molar-refractivity contribution < 1.29 is 5.11 Å². The van der Waals surface area contributed by atoms with Gasteiger partial charge in [-0.2, -0.15) is 5.26 Å². The molecule has 0 atom stereocenters. The van der Waals surface area contributed by atoms with Crippen LogP contribution in [0.1, 0.15) is 22.4 Å². The van der Waals surface area contributed by atoms with Crippen LogP contribution in [0.15, 0.2) is 40.3 Å². The van der Waals surface area contributed by atoms with E-state index in [0.717, 1.165) is 26.7 Å². The highest BCUT2D eigenvalue weighted by Gasteiger charge is 2.07. The number of nitriles is 1. The zero-order valence-electron chi connectivity index (χ0n) is 10.8. The summed E-state index contributed by atoms with van der Waals surface area (Å²) < 4.78 is 0. The molecule has 96 valence electrons. The first-order chi connectivity index (χ1) is 9.12. The van der Waals surface area contributed by atoms with E-state index < -0.39 is 0 Å². The second-order valence-electron chi connectivity index (χ2n) is 4.33. The normalized spacial score (nSPS) is 10.2. The van der Waals surface area contributed by atoms with E-state index in [1.165, 1.54) is 11.8 Å². The number of pyridine rings is 1. The van der Waals surface area contributed by atoms with Crippen LogP contribution in [0.2, 0.25) is 0 Å². The fraction of sp³-hybridized carbons (Fsp3) is 0.200. The lowest BCUT2D eigenvalue weighted by Crippen LogP contribution is -1.90. The van der Waals surface area contributed by atoms with Crippen LogP contribution in [0.3, 0.4) is 0 Å². The minimum Gasteiger partial charge on any atom is -0.392 e. The molecule has 0 saturated carbocycles. The summed E-state index contributed by atoms with van der Waals surface area (Å²) in [6, 6.07) is 11.6. The second kappa shape index (κ2) is 5.87. The summed E-state index contributed by atoms with van der Waals surface area (Å²) in [6.07, 6.45) is 0. The smallest absolute Gasteiger partial charge is 0.101 e. The quantitative estimate of drug-likeness (QED) is 0.930. The second-order valence-corrected chi connectivity index (χ2v) is 5.39. The number of aromatic nitrogens is 1. The third-order valence-electron chi connectivity index (χ3n) is 2.64. The Morgan fingerprint density at radius 1 is 1.26 bits per heavy atom. The van der Waals surface area contributed by atoms with Gasteiger partial charge in [0.25, 0.3) is 0 Å². The molecule has 1 N–H and O–H groups in total. The molecule has 1 aromatic heterocycles. The number of benzene rings is 1. The first kappa shape index (κ1) is 13.6. The number of rotatable bonds is 3. The van der Waals surface area contributed by atoms with Crippen LogP contribution in [-0.2, 0) is 6.61 Å². The standard InChI is InChI=1S/C15H14N2OS/c1-10-5-11(2)17-15(6-10)19-14-4-3-12(9-18)7-13(14)8-16/h3-7,18H,9H2,1-2H3. The lowest BCUT2D eigenvalue weighted by molar-refractivity contribution is 0.281. The lowest BCUT2D eigenvalue weighted by Gasteiger charge is -2.06. The third kappa shape index (κ3) is 3.34. The number of aliphatic hydroxyl groups excluding tert-OH is 1. The zero-order chi connectivity index (χ0) is 13.8. The molecule has 1 aromatic carbocycles. The van der Waals surface area contributed by atoms with Crippen molar-refractivity contribution in [3.05, 3.63) is 52.7 Å². The van der Waals surface area contributed by atoms with E-state index in [9.17, 15) is 0 Å². The van der Waals surface area contributed by atoms with Crippen molar-refractivity contribution in [1.82, 2.24) is 4.98 Å². The Morgan fingerprint density at radius 2 is 2.05 bits per heavy atom. The summed E-state index contributed by atoms with van der Waals surface area (Å²) in [5.41, 5.74) is 3.43. The van der Waals surface area contributed by atoms with E-state index in [4.69, 9.17) is 10.4 Å². The van der Waals surface area contributed by atoms with Crippen molar-refractivity contribution in [2.45, 2.75) is 30.4 Å². The molecule has 1 heterocycles. The van der Waals surface area contributed by atoms with Gasteiger partial charge in [-0.3, -0.25) is 0 Å². The molecular formula is C15H14N2OS. The van der Waals surface area contributed by atoms with Crippen molar-refractivity contribution in [3.63, 3.8) is 0 Å². The molecule has 2 aromatic rings. The molecule has 0 aliphatic rings. The molecule has 0 aliphatic carbocycles. The monoisotopic (exact) mass is 270 g/mol. The Labute approximate surface area is 116 Å². The maximum Gasteiger partial charge on any atom is 0.101 e. The number of hydrogen-bond acceptors (Lipinski definition) is 4. The molecule has 19 heavy (non-hydrogen) atoms. The van der Waals surface area contributed by atoms with E-state index in [1.54, 1.807) is 6.07 Å². The van der Waals surface area contributed by atoms with Crippen molar-refractivity contribution in [2.24, 2.45) is 0 Å². The first-order valence-corrected chi connectivity index (χ1v) is 6.71. The molecule has 0 aliphatic heterocycles. The Hall–Kier alpha value is -1.83. The summed E-state index contributed by atoms with van der Waals surface area (Å²) >= 11 is 1.47. The predicted octanol–water partition coefficient (Wildman–Crippen LogP) is 3.21. The van der Waals surface area contributed by atoms with E-state index in [2.05, 4.69) is 11.1 Å². The molecule has 0 radical (unpaired) electrons. The highest BCUT2D eigenvalue weighted by molar-refractivity contribution is 7.99. The average Bonchev–Trinajstić information content (AvgIpc) is 2.38. The van der Waals surface area contributed by atoms with Gasteiger partial charge in [-0.1, -0.05) is 17.8 Å². The van der Waals surface area contributed by atoms with Crippen LogP contribution in [0, 0.1) is 25.2 Å². The number of aryl methyl sites for hydroxylation is 2. The number of aliphatic hydroxyl groups is 1. The van der Waals surface area contributed by atoms with Gasteiger partial charge in [0.1, 0.15) is 11.1 Å². The van der Waals surface area contributed by atoms with Gasteiger partial charge in [-0.15, -0.1) is 0 Å². The molecule has 0 spiro atoms. The molecule has 2 rings (SSSR count). The van der Waals surface area contributed by atoms with Gasteiger partial charge >= 0.3 is 0 Å². The fourth-order valence-corrected chi connectivity index (χ4v) is 2.83. The van der Waals surface area contributed by atoms with Crippen LogP contribution in [0.4, 0.5) is 0 Å². The van der Waals surface area contributed by atoms with E-state index >= 15 is 0 Å². The van der Waals surface area contributed by atoms with Gasteiger partial charge in [0.15, 0.2) is 0 Å². The Bertz CT molecular complexity index is 627. The first-order valence-electron chi connectivity index (χ1n) is 5.89. The Balaban J connectivity index is 2.35. The van der Waals surface area contributed by atoms with Gasteiger partial charge in [0, 0.05) is 10.6 Å². The third-order valence-corrected chi connectivity index (χ3v) is 3.63. The van der Waals surface area contributed by atoms with Gasteiger partial charge in [-0.05, 0) is 49.2 Å². The van der Waals surface area contributed by atoms with Crippen LogP contribution in [-0.4, -0.2) is 10.1 Å². The van der Waals surface area contributed by atoms with E-state index in [1.807, 2.05) is 38.1 Å². The molecular weight excluding hydrogens is 256 g/mol. The van der Waals surface area contributed by atoms with Crippen LogP contribution < -0.4 is 0 Å². The SMILES string of the molecule is Cc1cc(C)nc(Sc2ccc(CO)cc2C#N)c1. The molecule has 0 unspecified atom stereocenters. The summed E-state index contributed by atoms with van der Waals surface area (Å²) in [5.74, 6) is 0.